The first-order valence-electron chi connectivity index (χ1n) is 3.36. The van der Waals surface area contributed by atoms with Gasteiger partial charge in [0, 0.05) is 0 Å². The van der Waals surface area contributed by atoms with E-state index in [-0.39, 0.29) is 0 Å². The van der Waals surface area contributed by atoms with Crippen molar-refractivity contribution in [3.05, 3.63) is 18.3 Å². The predicted octanol–water partition coefficient (Wildman–Crippen LogP) is 0.999. The fourth-order valence-electron chi connectivity index (χ4n) is 0.770. The van der Waals surface area contributed by atoms with Gasteiger partial charge in [0.25, 0.3) is 0 Å². The molecule has 4 nitrogen and oxygen atoms in total. The van der Waals surface area contributed by atoms with Crippen molar-refractivity contribution in [1.82, 2.24) is 10.2 Å². The molecule has 0 atom stereocenters. The quantitative estimate of drug-likeness (QED) is 0.637. The number of nitrogens with zero attached hydrogens (tertiary/aromatic N) is 1. The normalized spacial score (nSPS) is 9.55. The zero-order valence-corrected chi connectivity index (χ0v) is 6.42. The van der Waals surface area contributed by atoms with Crippen LogP contribution in [-0.4, -0.2) is 16.8 Å². The minimum absolute atomic E-state index is 0.489. The highest BCUT2D eigenvalue weighted by molar-refractivity contribution is 5.66. The Balaban J connectivity index is 2.76. The van der Waals surface area contributed by atoms with E-state index in [0.717, 1.165) is 5.56 Å². The van der Waals surface area contributed by atoms with Crippen LogP contribution in [0.2, 0.25) is 0 Å². The number of hydrogen-bond donors (Lipinski definition) is 2. The number of nitrogens with two attached hydrogens (primary N) is 1. The predicted molar refractivity (Wildman–Crippen MR) is 43.7 cm³/mol. The molecule has 0 spiro atoms. The molecule has 1 aromatic heterocycles. The third kappa shape index (κ3) is 1.52. The molecule has 0 bridgehead atoms. The summed E-state index contributed by atoms with van der Waals surface area (Å²) in [6.45, 7) is 6.16. The van der Waals surface area contributed by atoms with Crippen LogP contribution in [0.1, 0.15) is 12.5 Å². The van der Waals surface area contributed by atoms with Gasteiger partial charge in [-0.25, -0.2) is 0 Å². The third-order valence-electron chi connectivity index (χ3n) is 1.29. The van der Waals surface area contributed by atoms with E-state index in [1.165, 1.54) is 0 Å². The van der Waals surface area contributed by atoms with Gasteiger partial charge >= 0.3 is 0 Å². The maximum atomic E-state index is 5.51. The van der Waals surface area contributed by atoms with Gasteiger partial charge < -0.3 is 10.5 Å². The van der Waals surface area contributed by atoms with Crippen LogP contribution in [0, 0.1) is 0 Å². The molecule has 0 radical (unpaired) electrons. The summed E-state index contributed by atoms with van der Waals surface area (Å²) in [5.41, 5.74) is 6.24. The average molecular weight is 153 g/mol. The second kappa shape index (κ2) is 3.09. The van der Waals surface area contributed by atoms with Crippen molar-refractivity contribution in [3.63, 3.8) is 0 Å². The van der Waals surface area contributed by atoms with E-state index < -0.39 is 0 Å². The lowest BCUT2D eigenvalue weighted by molar-refractivity contribution is 0.299. The number of aromatic nitrogens is 2. The number of ether oxygens (including phenoxy) is 1. The zero-order chi connectivity index (χ0) is 8.27. The van der Waals surface area contributed by atoms with Crippen molar-refractivity contribution in [1.29, 1.82) is 0 Å². The van der Waals surface area contributed by atoms with Gasteiger partial charge in [-0.1, -0.05) is 6.58 Å². The number of aromatic amines is 1. The van der Waals surface area contributed by atoms with Crippen LogP contribution < -0.4 is 5.73 Å². The van der Waals surface area contributed by atoms with Crippen LogP contribution in [0.4, 0.5) is 5.82 Å². The van der Waals surface area contributed by atoms with Gasteiger partial charge in [0.15, 0.2) is 0 Å². The van der Waals surface area contributed by atoms with Gasteiger partial charge in [-0.2, -0.15) is 5.10 Å². The molecule has 0 aliphatic heterocycles. The minimum atomic E-state index is 0.489. The van der Waals surface area contributed by atoms with Crippen molar-refractivity contribution in [3.8, 4) is 0 Å². The first kappa shape index (κ1) is 7.65. The molecule has 1 rings (SSSR count). The van der Waals surface area contributed by atoms with Crippen molar-refractivity contribution >= 4 is 11.6 Å². The van der Waals surface area contributed by atoms with Gasteiger partial charge in [-0.05, 0) is 6.92 Å². The van der Waals surface area contributed by atoms with Crippen molar-refractivity contribution in [2.24, 2.45) is 0 Å². The molecular formula is C7H11N3O. The molecule has 0 aliphatic carbocycles. The van der Waals surface area contributed by atoms with Crippen LogP contribution in [0.25, 0.3) is 5.76 Å². The van der Waals surface area contributed by atoms with E-state index in [9.17, 15) is 0 Å². The molecule has 0 aromatic carbocycles. The lowest BCUT2D eigenvalue weighted by Gasteiger charge is -2.03. The van der Waals surface area contributed by atoms with Gasteiger partial charge in [-0.15, -0.1) is 0 Å². The average Bonchev–Trinajstić information content (AvgIpc) is 2.36. The Bertz CT molecular complexity index is 254. The van der Waals surface area contributed by atoms with Crippen LogP contribution in [0.5, 0.6) is 0 Å². The van der Waals surface area contributed by atoms with Crippen molar-refractivity contribution < 1.29 is 4.74 Å². The first-order valence-corrected chi connectivity index (χ1v) is 3.36. The van der Waals surface area contributed by atoms with Crippen LogP contribution in [0.3, 0.4) is 0 Å². The summed E-state index contributed by atoms with van der Waals surface area (Å²) in [5, 5.41) is 6.33. The van der Waals surface area contributed by atoms with Gasteiger partial charge in [0.2, 0.25) is 0 Å². The monoisotopic (exact) mass is 153 g/mol. The summed E-state index contributed by atoms with van der Waals surface area (Å²) in [4.78, 5) is 0. The molecule has 0 saturated heterocycles. The standard InChI is InChI=1S/C7H11N3O/c1-3-11-5(2)6-4-9-10-7(6)8/h4H,2-3H2,1H3,(H3,8,9,10). The van der Waals surface area contributed by atoms with Crippen molar-refractivity contribution in [2.45, 2.75) is 6.92 Å². The summed E-state index contributed by atoms with van der Waals surface area (Å²) in [6, 6.07) is 0. The number of anilines is 1. The number of nitrogens with one attached hydrogen (secondary N) is 1. The fraction of sp³-hybridized carbons (Fsp3) is 0.286. The van der Waals surface area contributed by atoms with E-state index in [1.54, 1.807) is 6.20 Å². The van der Waals surface area contributed by atoms with Crippen LogP contribution in [0.15, 0.2) is 12.8 Å². The number of rotatable bonds is 3. The Morgan fingerprint density at radius 1 is 1.91 bits per heavy atom. The summed E-state index contributed by atoms with van der Waals surface area (Å²) >= 11 is 0. The Labute approximate surface area is 65.1 Å². The molecule has 1 aromatic rings. The SMILES string of the molecule is C=C(OCC)c1cn[nH]c1N. The smallest absolute Gasteiger partial charge is 0.129 e. The molecular weight excluding hydrogens is 142 g/mol. The molecule has 4 heteroatoms. The number of hydrogen-bond acceptors (Lipinski definition) is 3. The Hall–Kier alpha value is -1.45. The molecule has 1 heterocycles. The van der Waals surface area contributed by atoms with Crippen LogP contribution >= 0.6 is 0 Å². The van der Waals surface area contributed by atoms with Crippen molar-refractivity contribution in [2.75, 3.05) is 12.3 Å². The third-order valence-corrected chi connectivity index (χ3v) is 1.29. The van der Waals surface area contributed by atoms with E-state index in [4.69, 9.17) is 10.5 Å². The Morgan fingerprint density at radius 2 is 2.64 bits per heavy atom. The number of nitrogen functional groups attached to an aromatic ring is 1. The molecule has 11 heavy (non-hydrogen) atoms. The highest BCUT2D eigenvalue weighted by Crippen LogP contribution is 2.17. The highest BCUT2D eigenvalue weighted by atomic mass is 16.5. The zero-order valence-electron chi connectivity index (χ0n) is 6.42. The molecule has 0 unspecified atom stereocenters. The largest absolute Gasteiger partial charge is 0.494 e. The maximum absolute atomic E-state index is 5.51. The molecule has 0 aliphatic rings. The fourth-order valence-corrected chi connectivity index (χ4v) is 0.770. The summed E-state index contributed by atoms with van der Waals surface area (Å²) in [7, 11) is 0. The lowest BCUT2D eigenvalue weighted by Crippen LogP contribution is -1.93. The Kier molecular flexibility index (Phi) is 2.15. The van der Waals surface area contributed by atoms with Gasteiger partial charge in [0.1, 0.15) is 11.6 Å². The molecule has 60 valence electrons. The summed E-state index contributed by atoms with van der Waals surface area (Å²) in [5.74, 6) is 1.04. The summed E-state index contributed by atoms with van der Waals surface area (Å²) in [6.07, 6.45) is 1.59. The van der Waals surface area contributed by atoms with E-state index >= 15 is 0 Å². The maximum Gasteiger partial charge on any atom is 0.129 e. The summed E-state index contributed by atoms with van der Waals surface area (Å²) < 4.78 is 5.13. The molecule has 0 fully saturated rings. The Morgan fingerprint density at radius 3 is 3.09 bits per heavy atom. The van der Waals surface area contributed by atoms with E-state index in [0.29, 0.717) is 18.2 Å². The van der Waals surface area contributed by atoms with Gasteiger partial charge in [-0.3, -0.25) is 5.10 Å². The number of H-pyrrole nitrogens is 1. The second-order valence-electron chi connectivity index (χ2n) is 2.05. The molecule has 0 saturated carbocycles. The van der Waals surface area contributed by atoms with E-state index in [1.807, 2.05) is 6.92 Å². The first-order chi connectivity index (χ1) is 5.25. The molecule has 0 amide bonds. The second-order valence-corrected chi connectivity index (χ2v) is 2.05. The van der Waals surface area contributed by atoms with Gasteiger partial charge in [0.05, 0.1) is 18.4 Å². The topological polar surface area (TPSA) is 63.9 Å². The molecule has 3 N–H and O–H groups in total. The minimum Gasteiger partial charge on any atom is -0.494 e. The van der Waals surface area contributed by atoms with Crippen LogP contribution in [-0.2, 0) is 4.74 Å². The highest BCUT2D eigenvalue weighted by Gasteiger charge is 2.04. The lowest BCUT2D eigenvalue weighted by atomic mass is 10.3. The van der Waals surface area contributed by atoms with E-state index in [2.05, 4.69) is 16.8 Å².